The average Bonchev–Trinajstić information content (AvgIpc) is 2.74. The fourth-order valence-corrected chi connectivity index (χ4v) is 4.02. The number of rotatable bonds is 2. The highest BCUT2D eigenvalue weighted by Gasteiger charge is 2.33. The van der Waals surface area contributed by atoms with E-state index in [0.29, 0.717) is 32.5 Å². The molecule has 4 rings (SSSR count). The summed E-state index contributed by atoms with van der Waals surface area (Å²) in [5.41, 5.74) is 2.72. The Bertz CT molecular complexity index is 906. The first-order valence-corrected chi connectivity index (χ1v) is 10.2. The molecule has 1 fully saturated rings. The van der Waals surface area contributed by atoms with Crippen molar-refractivity contribution in [3.8, 4) is 5.75 Å². The van der Waals surface area contributed by atoms with Crippen molar-refractivity contribution in [3.05, 3.63) is 54.1 Å². The van der Waals surface area contributed by atoms with Gasteiger partial charge in [0, 0.05) is 24.7 Å². The lowest BCUT2D eigenvalue weighted by molar-refractivity contribution is -0.121. The number of para-hydroxylation sites is 3. The zero-order valence-electron chi connectivity index (χ0n) is 16.9. The van der Waals surface area contributed by atoms with Crippen molar-refractivity contribution in [3.63, 3.8) is 0 Å². The van der Waals surface area contributed by atoms with Crippen molar-refractivity contribution in [2.45, 2.75) is 32.8 Å². The van der Waals surface area contributed by atoms with Gasteiger partial charge in [-0.05, 0) is 50.5 Å². The molecule has 2 aliphatic rings. The third kappa shape index (κ3) is 4.06. The van der Waals surface area contributed by atoms with Crippen LogP contribution in [0.15, 0.2) is 48.5 Å². The zero-order chi connectivity index (χ0) is 20.4. The number of urea groups is 1. The van der Waals surface area contributed by atoms with Crippen molar-refractivity contribution in [2.24, 2.45) is 5.92 Å². The smallest absolute Gasteiger partial charge is 0.324 e. The maximum Gasteiger partial charge on any atom is 0.324 e. The van der Waals surface area contributed by atoms with Gasteiger partial charge in [0.2, 0.25) is 5.91 Å². The lowest BCUT2D eigenvalue weighted by Gasteiger charge is -2.39. The third-order valence-electron chi connectivity index (χ3n) is 5.69. The first-order chi connectivity index (χ1) is 14.0. The number of fused-ring (bicyclic) bond motifs is 1. The highest BCUT2D eigenvalue weighted by molar-refractivity contribution is 5.95. The normalized spacial score (nSPS) is 19.3. The molecule has 0 saturated carbocycles. The molecule has 29 heavy (non-hydrogen) atoms. The van der Waals surface area contributed by atoms with E-state index in [4.69, 9.17) is 4.74 Å². The summed E-state index contributed by atoms with van der Waals surface area (Å²) in [5, 5.41) is 3.04. The summed E-state index contributed by atoms with van der Waals surface area (Å²) >= 11 is 0. The molecular weight excluding hydrogens is 366 g/mol. The van der Waals surface area contributed by atoms with Crippen LogP contribution in [0.2, 0.25) is 0 Å². The highest BCUT2D eigenvalue weighted by Crippen LogP contribution is 2.34. The Balaban J connectivity index is 1.38. The zero-order valence-corrected chi connectivity index (χ0v) is 16.9. The molecule has 1 saturated heterocycles. The second kappa shape index (κ2) is 8.15. The van der Waals surface area contributed by atoms with Gasteiger partial charge < -0.3 is 15.0 Å². The summed E-state index contributed by atoms with van der Waals surface area (Å²) in [7, 11) is 0. The van der Waals surface area contributed by atoms with Crippen molar-refractivity contribution in [1.29, 1.82) is 0 Å². The summed E-state index contributed by atoms with van der Waals surface area (Å²) in [6, 6.07) is 15.4. The number of aryl methyl sites for hydroxylation is 1. The number of carbonyl (C=O) groups is 2. The van der Waals surface area contributed by atoms with Crippen molar-refractivity contribution in [1.82, 2.24) is 4.90 Å². The van der Waals surface area contributed by atoms with Gasteiger partial charge in [-0.1, -0.05) is 30.3 Å². The van der Waals surface area contributed by atoms with Gasteiger partial charge in [0.1, 0.15) is 11.9 Å². The van der Waals surface area contributed by atoms with Crippen LogP contribution in [0.4, 0.5) is 16.2 Å². The molecule has 2 aliphatic heterocycles. The molecular formula is C23H27N3O3. The number of amides is 3. The minimum Gasteiger partial charge on any atom is -0.487 e. The van der Waals surface area contributed by atoms with Gasteiger partial charge in [-0.3, -0.25) is 9.69 Å². The van der Waals surface area contributed by atoms with Crippen molar-refractivity contribution in [2.75, 3.05) is 29.9 Å². The van der Waals surface area contributed by atoms with Gasteiger partial charge in [-0.25, -0.2) is 4.79 Å². The topological polar surface area (TPSA) is 61.9 Å². The molecule has 0 unspecified atom stereocenters. The molecule has 2 heterocycles. The van der Waals surface area contributed by atoms with Crippen LogP contribution in [0.5, 0.6) is 5.75 Å². The molecule has 2 aromatic carbocycles. The molecule has 0 bridgehead atoms. The Hall–Kier alpha value is -3.02. The van der Waals surface area contributed by atoms with Gasteiger partial charge >= 0.3 is 6.03 Å². The molecule has 6 nitrogen and oxygen atoms in total. The van der Waals surface area contributed by atoms with E-state index in [-0.39, 0.29) is 24.0 Å². The number of anilines is 2. The molecule has 1 atom stereocenters. The Morgan fingerprint density at radius 1 is 1.03 bits per heavy atom. The predicted molar refractivity (Wildman–Crippen MR) is 113 cm³/mol. The van der Waals surface area contributed by atoms with Gasteiger partial charge in [-0.2, -0.15) is 0 Å². The molecule has 2 aromatic rings. The Kier molecular flexibility index (Phi) is 5.43. The number of hydrogen-bond donors (Lipinski definition) is 1. The maximum atomic E-state index is 13.2. The molecule has 1 N–H and O–H groups in total. The van der Waals surface area contributed by atoms with E-state index in [1.165, 1.54) is 0 Å². The van der Waals surface area contributed by atoms with Gasteiger partial charge in [0.05, 0.1) is 12.2 Å². The number of benzene rings is 2. The van der Waals surface area contributed by atoms with Crippen LogP contribution in [-0.2, 0) is 4.79 Å². The molecule has 0 aliphatic carbocycles. The second-order valence-corrected chi connectivity index (χ2v) is 7.85. The summed E-state index contributed by atoms with van der Waals surface area (Å²) in [6.07, 6.45) is 1.29. The number of ether oxygens (including phenoxy) is 1. The van der Waals surface area contributed by atoms with Crippen molar-refractivity contribution < 1.29 is 14.3 Å². The Morgan fingerprint density at radius 3 is 2.48 bits per heavy atom. The van der Waals surface area contributed by atoms with Crippen LogP contribution in [0, 0.1) is 12.8 Å². The minimum atomic E-state index is -0.0745. The number of carbonyl (C=O) groups excluding carboxylic acids is 2. The summed E-state index contributed by atoms with van der Waals surface area (Å²) < 4.78 is 5.85. The lowest BCUT2D eigenvalue weighted by atomic mass is 9.95. The number of likely N-dealkylation sites (tertiary alicyclic amines) is 1. The highest BCUT2D eigenvalue weighted by atomic mass is 16.5. The average molecular weight is 393 g/mol. The van der Waals surface area contributed by atoms with Gasteiger partial charge in [-0.15, -0.1) is 0 Å². The van der Waals surface area contributed by atoms with Gasteiger partial charge in [0.15, 0.2) is 0 Å². The molecule has 152 valence electrons. The summed E-state index contributed by atoms with van der Waals surface area (Å²) in [5.74, 6) is 0.707. The maximum absolute atomic E-state index is 13.2. The first-order valence-electron chi connectivity index (χ1n) is 10.2. The van der Waals surface area contributed by atoms with Crippen LogP contribution >= 0.6 is 0 Å². The van der Waals surface area contributed by atoms with E-state index in [1.54, 1.807) is 4.90 Å². The molecule has 0 aromatic heterocycles. The lowest BCUT2D eigenvalue weighted by Crippen LogP contribution is -2.51. The molecule has 6 heteroatoms. The van der Waals surface area contributed by atoms with Gasteiger partial charge in [0.25, 0.3) is 0 Å². The second-order valence-electron chi connectivity index (χ2n) is 7.85. The van der Waals surface area contributed by atoms with Crippen LogP contribution in [-0.4, -0.2) is 42.6 Å². The number of nitrogens with one attached hydrogen (secondary N) is 1. The fourth-order valence-electron chi connectivity index (χ4n) is 4.02. The van der Waals surface area contributed by atoms with Crippen LogP contribution < -0.4 is 15.0 Å². The van der Waals surface area contributed by atoms with E-state index in [1.807, 2.05) is 67.3 Å². The predicted octanol–water partition coefficient (Wildman–Crippen LogP) is 4.05. The van der Waals surface area contributed by atoms with Crippen LogP contribution in [0.25, 0.3) is 0 Å². The summed E-state index contributed by atoms with van der Waals surface area (Å²) in [6.45, 7) is 5.65. The number of hydrogen-bond acceptors (Lipinski definition) is 3. The minimum absolute atomic E-state index is 0.00892. The Labute approximate surface area is 171 Å². The van der Waals surface area contributed by atoms with E-state index in [9.17, 15) is 9.59 Å². The summed E-state index contributed by atoms with van der Waals surface area (Å²) in [4.78, 5) is 29.5. The standard InChI is InChI=1S/C23H27N3O3/c1-16-7-3-4-8-19(16)24-22(27)18-11-13-25(14-12-18)23(28)26-15-17(2)29-21-10-6-5-9-20(21)26/h3-10,17-18H,11-15H2,1-2H3,(H,24,27)/t17-/m1/s1. The molecule has 0 spiro atoms. The SMILES string of the molecule is Cc1ccccc1NC(=O)C1CCN(C(=O)N2C[C@@H](C)Oc3ccccc32)CC1. The van der Waals surface area contributed by atoms with E-state index in [0.717, 1.165) is 22.7 Å². The monoisotopic (exact) mass is 393 g/mol. The van der Waals surface area contributed by atoms with E-state index < -0.39 is 0 Å². The molecule has 0 radical (unpaired) electrons. The van der Waals surface area contributed by atoms with Crippen LogP contribution in [0.3, 0.4) is 0 Å². The number of nitrogens with zero attached hydrogens (tertiary/aromatic N) is 2. The Morgan fingerprint density at radius 2 is 1.72 bits per heavy atom. The fraction of sp³-hybridized carbons (Fsp3) is 0.391. The quantitative estimate of drug-likeness (QED) is 0.837. The molecule has 3 amide bonds. The van der Waals surface area contributed by atoms with Crippen LogP contribution in [0.1, 0.15) is 25.3 Å². The van der Waals surface area contributed by atoms with Crippen molar-refractivity contribution >= 4 is 23.3 Å². The first kappa shape index (κ1) is 19.3. The van der Waals surface area contributed by atoms with E-state index in [2.05, 4.69) is 5.32 Å². The number of piperidine rings is 1. The third-order valence-corrected chi connectivity index (χ3v) is 5.69. The van der Waals surface area contributed by atoms with E-state index >= 15 is 0 Å². The largest absolute Gasteiger partial charge is 0.487 e.